The van der Waals surface area contributed by atoms with Crippen molar-refractivity contribution in [2.24, 2.45) is 0 Å². The first-order valence-electron chi connectivity index (χ1n) is 9.95. The highest BCUT2D eigenvalue weighted by atomic mass is 35.5. The summed E-state index contributed by atoms with van der Waals surface area (Å²) in [6, 6.07) is 20.2. The number of carbonyl (C=O) groups excluding carboxylic acids is 1. The molecule has 0 saturated heterocycles. The van der Waals surface area contributed by atoms with Crippen molar-refractivity contribution < 1.29 is 14.3 Å². The largest absolute Gasteiger partial charge is 0.493 e. The molecule has 0 heterocycles. The Labute approximate surface area is 192 Å². The van der Waals surface area contributed by atoms with Gasteiger partial charge in [0.2, 0.25) is 0 Å². The lowest BCUT2D eigenvalue weighted by Gasteiger charge is -2.12. The van der Waals surface area contributed by atoms with Gasteiger partial charge in [-0.05, 0) is 78.6 Å². The lowest BCUT2D eigenvalue weighted by molar-refractivity contribution is -0.112. The molecule has 5 nitrogen and oxygen atoms in total. The van der Waals surface area contributed by atoms with Crippen LogP contribution in [0.25, 0.3) is 6.08 Å². The number of benzene rings is 3. The van der Waals surface area contributed by atoms with Crippen LogP contribution in [-0.2, 0) is 11.4 Å². The first kappa shape index (κ1) is 22.9. The lowest BCUT2D eigenvalue weighted by Crippen LogP contribution is -2.13. The summed E-state index contributed by atoms with van der Waals surface area (Å²) in [5, 5.41) is 13.0. The van der Waals surface area contributed by atoms with Crippen LogP contribution in [-0.4, -0.2) is 13.0 Å². The smallest absolute Gasteiger partial charge is 0.266 e. The summed E-state index contributed by atoms with van der Waals surface area (Å²) in [7, 11) is 1.55. The minimum atomic E-state index is -0.477. The van der Waals surface area contributed by atoms with Gasteiger partial charge in [-0.3, -0.25) is 4.79 Å². The van der Waals surface area contributed by atoms with Crippen molar-refractivity contribution >= 4 is 29.3 Å². The summed E-state index contributed by atoms with van der Waals surface area (Å²) in [4.78, 5) is 12.6. The Morgan fingerprint density at radius 1 is 1.03 bits per heavy atom. The molecule has 162 valence electrons. The fourth-order valence-electron chi connectivity index (χ4n) is 2.97. The Hall–Kier alpha value is -3.75. The molecule has 0 aromatic heterocycles. The normalized spacial score (nSPS) is 10.9. The molecule has 0 unspecified atom stereocenters. The highest BCUT2D eigenvalue weighted by Crippen LogP contribution is 2.30. The number of ether oxygens (including phenoxy) is 2. The van der Waals surface area contributed by atoms with Crippen molar-refractivity contribution in [3.8, 4) is 17.6 Å². The Bertz CT molecular complexity index is 1190. The zero-order chi connectivity index (χ0) is 23.1. The predicted octanol–water partition coefficient (Wildman–Crippen LogP) is 6.09. The summed E-state index contributed by atoms with van der Waals surface area (Å²) >= 11 is 5.92. The van der Waals surface area contributed by atoms with Gasteiger partial charge in [-0.15, -0.1) is 0 Å². The zero-order valence-corrected chi connectivity index (χ0v) is 18.9. The van der Waals surface area contributed by atoms with Gasteiger partial charge in [-0.1, -0.05) is 35.9 Å². The maximum atomic E-state index is 12.6. The minimum Gasteiger partial charge on any atom is -0.493 e. The molecule has 0 atom stereocenters. The van der Waals surface area contributed by atoms with E-state index in [2.05, 4.69) is 5.32 Å². The lowest BCUT2D eigenvalue weighted by atomic mass is 10.1. The number of amides is 1. The molecule has 1 amide bonds. The molecule has 32 heavy (non-hydrogen) atoms. The second-order valence-electron chi connectivity index (χ2n) is 7.25. The van der Waals surface area contributed by atoms with Gasteiger partial charge in [0, 0.05) is 10.7 Å². The zero-order valence-electron chi connectivity index (χ0n) is 18.1. The molecule has 3 rings (SSSR count). The Balaban J connectivity index is 1.79. The molecular weight excluding hydrogens is 424 g/mol. The third-order valence-electron chi connectivity index (χ3n) is 4.94. The Morgan fingerprint density at radius 2 is 1.78 bits per heavy atom. The number of rotatable bonds is 7. The Kier molecular flexibility index (Phi) is 7.54. The number of methoxy groups -OCH3 is 1. The fraction of sp³-hybridized carbons (Fsp3) is 0.154. The minimum absolute atomic E-state index is 0.0166. The van der Waals surface area contributed by atoms with Crippen LogP contribution in [0.3, 0.4) is 0 Å². The van der Waals surface area contributed by atoms with Crippen LogP contribution >= 0.6 is 11.6 Å². The molecule has 0 bridgehead atoms. The van der Waals surface area contributed by atoms with Crippen LogP contribution in [0.5, 0.6) is 11.5 Å². The van der Waals surface area contributed by atoms with Gasteiger partial charge in [-0.2, -0.15) is 5.26 Å². The van der Waals surface area contributed by atoms with Gasteiger partial charge in [0.05, 0.1) is 7.11 Å². The van der Waals surface area contributed by atoms with Crippen LogP contribution in [0.1, 0.15) is 22.3 Å². The summed E-state index contributed by atoms with van der Waals surface area (Å²) < 4.78 is 11.3. The molecule has 0 radical (unpaired) electrons. The highest BCUT2D eigenvalue weighted by Gasteiger charge is 2.12. The van der Waals surface area contributed by atoms with Crippen molar-refractivity contribution in [2.75, 3.05) is 12.4 Å². The number of hydrogen-bond acceptors (Lipinski definition) is 4. The maximum absolute atomic E-state index is 12.6. The second-order valence-corrected chi connectivity index (χ2v) is 7.68. The monoisotopic (exact) mass is 446 g/mol. The SMILES string of the molecule is COc1ccc(/C=C(\C#N)C(=O)Nc2ccc(C)c(C)c2)cc1OCc1ccc(Cl)cc1. The molecule has 3 aromatic carbocycles. The molecule has 3 aromatic rings. The van der Waals surface area contributed by atoms with Gasteiger partial charge in [-0.25, -0.2) is 0 Å². The van der Waals surface area contributed by atoms with Gasteiger partial charge in [0.25, 0.3) is 5.91 Å². The van der Waals surface area contributed by atoms with E-state index in [1.807, 2.05) is 50.2 Å². The molecule has 0 fully saturated rings. The van der Waals surface area contributed by atoms with E-state index in [-0.39, 0.29) is 5.57 Å². The number of halogens is 1. The average molecular weight is 447 g/mol. The number of nitrogens with one attached hydrogen (secondary N) is 1. The van der Waals surface area contributed by atoms with E-state index in [4.69, 9.17) is 21.1 Å². The number of nitrogens with zero attached hydrogens (tertiary/aromatic N) is 1. The van der Waals surface area contributed by atoms with Crippen LogP contribution in [0, 0.1) is 25.2 Å². The number of nitriles is 1. The van der Waals surface area contributed by atoms with E-state index < -0.39 is 5.91 Å². The number of anilines is 1. The van der Waals surface area contributed by atoms with Crippen molar-refractivity contribution in [3.05, 3.63) is 93.5 Å². The number of carbonyl (C=O) groups is 1. The molecule has 0 aliphatic rings. The van der Waals surface area contributed by atoms with Gasteiger partial charge in [0.1, 0.15) is 18.2 Å². The molecule has 0 aliphatic carbocycles. The second kappa shape index (κ2) is 10.5. The molecule has 0 aliphatic heterocycles. The molecular formula is C26H23ClN2O3. The van der Waals surface area contributed by atoms with Crippen LogP contribution in [0.4, 0.5) is 5.69 Å². The van der Waals surface area contributed by atoms with Crippen molar-refractivity contribution in [1.29, 1.82) is 5.26 Å². The number of hydrogen-bond donors (Lipinski definition) is 1. The quantitative estimate of drug-likeness (QED) is 0.352. The Morgan fingerprint density at radius 3 is 2.44 bits per heavy atom. The first-order valence-corrected chi connectivity index (χ1v) is 10.3. The van der Waals surface area contributed by atoms with Gasteiger partial charge in [0.15, 0.2) is 11.5 Å². The van der Waals surface area contributed by atoms with E-state index in [0.717, 1.165) is 16.7 Å². The van der Waals surface area contributed by atoms with E-state index in [1.54, 1.807) is 37.4 Å². The van der Waals surface area contributed by atoms with E-state index in [0.29, 0.717) is 34.4 Å². The molecule has 1 N–H and O–H groups in total. The summed E-state index contributed by atoms with van der Waals surface area (Å²) in [6.45, 7) is 4.28. The van der Waals surface area contributed by atoms with Crippen LogP contribution in [0.15, 0.2) is 66.2 Å². The molecule has 6 heteroatoms. The van der Waals surface area contributed by atoms with E-state index in [9.17, 15) is 10.1 Å². The number of aryl methyl sites for hydroxylation is 2. The maximum Gasteiger partial charge on any atom is 0.266 e. The van der Waals surface area contributed by atoms with Gasteiger partial charge < -0.3 is 14.8 Å². The van der Waals surface area contributed by atoms with Crippen molar-refractivity contribution in [1.82, 2.24) is 0 Å². The third kappa shape index (κ3) is 5.90. The summed E-state index contributed by atoms with van der Waals surface area (Å²) in [5.41, 5.74) is 4.40. The first-order chi connectivity index (χ1) is 15.4. The van der Waals surface area contributed by atoms with Gasteiger partial charge >= 0.3 is 0 Å². The molecule has 0 saturated carbocycles. The third-order valence-corrected chi connectivity index (χ3v) is 5.19. The summed E-state index contributed by atoms with van der Waals surface area (Å²) in [5.74, 6) is 0.576. The highest BCUT2D eigenvalue weighted by molar-refractivity contribution is 6.30. The average Bonchev–Trinajstić information content (AvgIpc) is 2.79. The van der Waals surface area contributed by atoms with Crippen LogP contribution < -0.4 is 14.8 Å². The fourth-order valence-corrected chi connectivity index (χ4v) is 3.10. The van der Waals surface area contributed by atoms with Crippen molar-refractivity contribution in [2.45, 2.75) is 20.5 Å². The van der Waals surface area contributed by atoms with Crippen molar-refractivity contribution in [3.63, 3.8) is 0 Å². The topological polar surface area (TPSA) is 71.3 Å². The van der Waals surface area contributed by atoms with E-state index >= 15 is 0 Å². The van der Waals surface area contributed by atoms with Crippen LogP contribution in [0.2, 0.25) is 5.02 Å². The summed E-state index contributed by atoms with van der Waals surface area (Å²) in [6.07, 6.45) is 1.52. The van der Waals surface area contributed by atoms with E-state index in [1.165, 1.54) is 6.08 Å². The standard InChI is InChI=1S/C26H23ClN2O3/c1-17-4-10-23(12-18(17)2)29-26(30)21(15-28)13-20-7-11-24(31-3)25(14-20)32-16-19-5-8-22(27)9-6-19/h4-14H,16H2,1-3H3,(H,29,30)/b21-13+. The predicted molar refractivity (Wildman–Crippen MR) is 127 cm³/mol. The molecule has 0 spiro atoms.